The van der Waals surface area contributed by atoms with E-state index in [1.54, 1.807) is 31.2 Å². The van der Waals surface area contributed by atoms with Crippen molar-refractivity contribution in [3.8, 4) is 0 Å². The maximum absolute atomic E-state index is 13.0. The predicted molar refractivity (Wildman–Crippen MR) is 108 cm³/mol. The molecule has 1 unspecified atom stereocenters. The molecule has 31 heavy (non-hydrogen) atoms. The van der Waals surface area contributed by atoms with Crippen molar-refractivity contribution in [1.29, 1.82) is 0 Å². The summed E-state index contributed by atoms with van der Waals surface area (Å²) < 4.78 is 64.5. The first-order valence-electron chi connectivity index (χ1n) is 9.26. The zero-order valence-electron chi connectivity index (χ0n) is 16.7. The van der Waals surface area contributed by atoms with Gasteiger partial charge in [0, 0.05) is 19.5 Å². The quantitative estimate of drug-likeness (QED) is 0.768. The second-order valence-electron chi connectivity index (χ2n) is 7.17. The van der Waals surface area contributed by atoms with Gasteiger partial charge >= 0.3 is 6.18 Å². The summed E-state index contributed by atoms with van der Waals surface area (Å²) in [7, 11) is -3.04. The molecule has 0 spiro atoms. The molecule has 0 radical (unpaired) electrons. The van der Waals surface area contributed by atoms with Gasteiger partial charge in [0.15, 0.2) is 0 Å². The van der Waals surface area contributed by atoms with Crippen molar-refractivity contribution in [2.45, 2.75) is 30.5 Å². The molecule has 1 heterocycles. The minimum Gasteiger partial charge on any atom is -0.324 e. The van der Waals surface area contributed by atoms with Crippen LogP contribution in [-0.2, 0) is 25.8 Å². The van der Waals surface area contributed by atoms with Crippen molar-refractivity contribution in [2.24, 2.45) is 0 Å². The van der Waals surface area contributed by atoms with Crippen molar-refractivity contribution in [3.05, 3.63) is 54.1 Å². The van der Waals surface area contributed by atoms with E-state index in [-0.39, 0.29) is 17.2 Å². The average molecular weight is 455 g/mol. The van der Waals surface area contributed by atoms with Crippen molar-refractivity contribution in [3.63, 3.8) is 0 Å². The zero-order chi connectivity index (χ0) is 23.0. The molecule has 2 aromatic carbocycles. The SMILES string of the molecule is CC1CC(=O)Nc2ccccc2N1C(=O)CN(C)S(=O)(=O)c1ccc(C(F)(F)F)cc1. The van der Waals surface area contributed by atoms with Gasteiger partial charge in [-0.2, -0.15) is 17.5 Å². The highest BCUT2D eigenvalue weighted by Crippen LogP contribution is 2.32. The summed E-state index contributed by atoms with van der Waals surface area (Å²) in [6.07, 6.45) is -4.57. The van der Waals surface area contributed by atoms with Crippen LogP contribution < -0.4 is 10.2 Å². The van der Waals surface area contributed by atoms with Crippen LogP contribution in [0.25, 0.3) is 0 Å². The van der Waals surface area contributed by atoms with Crippen molar-refractivity contribution in [2.75, 3.05) is 23.8 Å². The van der Waals surface area contributed by atoms with Gasteiger partial charge < -0.3 is 10.2 Å². The third kappa shape index (κ3) is 4.72. The number of carbonyl (C=O) groups excluding carboxylic acids is 2. The number of anilines is 2. The maximum atomic E-state index is 13.0. The Labute approximate surface area is 177 Å². The van der Waals surface area contributed by atoms with Crippen LogP contribution in [0.5, 0.6) is 0 Å². The molecule has 11 heteroatoms. The van der Waals surface area contributed by atoms with Gasteiger partial charge in [-0.1, -0.05) is 12.1 Å². The van der Waals surface area contributed by atoms with Crippen molar-refractivity contribution >= 4 is 33.2 Å². The number of nitrogens with one attached hydrogen (secondary N) is 1. The normalized spacial score (nSPS) is 17.2. The maximum Gasteiger partial charge on any atom is 0.416 e. The first kappa shape index (κ1) is 22.8. The number of sulfonamides is 1. The summed E-state index contributed by atoms with van der Waals surface area (Å²) in [4.78, 5) is 26.1. The third-order valence-electron chi connectivity index (χ3n) is 4.88. The topological polar surface area (TPSA) is 86.8 Å². The number of fused-ring (bicyclic) bond motifs is 1. The molecule has 0 aliphatic carbocycles. The Balaban J connectivity index is 1.84. The zero-order valence-corrected chi connectivity index (χ0v) is 17.5. The van der Waals surface area contributed by atoms with Crippen LogP contribution in [0.15, 0.2) is 53.4 Å². The smallest absolute Gasteiger partial charge is 0.324 e. The van der Waals surface area contributed by atoms with E-state index in [1.807, 2.05) is 0 Å². The molecule has 166 valence electrons. The fourth-order valence-electron chi connectivity index (χ4n) is 3.32. The monoisotopic (exact) mass is 455 g/mol. The molecule has 0 saturated carbocycles. The Kier molecular flexibility index (Phi) is 6.10. The molecule has 0 bridgehead atoms. The van der Waals surface area contributed by atoms with Crippen LogP contribution in [0.2, 0.25) is 0 Å². The summed E-state index contributed by atoms with van der Waals surface area (Å²) in [5.41, 5.74) is -0.109. The van der Waals surface area contributed by atoms with Gasteiger partial charge in [-0.05, 0) is 43.3 Å². The van der Waals surface area contributed by atoms with Crippen LogP contribution >= 0.6 is 0 Å². The molecule has 1 atom stereocenters. The van der Waals surface area contributed by atoms with Crippen LogP contribution in [0.1, 0.15) is 18.9 Å². The second-order valence-corrected chi connectivity index (χ2v) is 9.21. The number of amides is 2. The number of hydrogen-bond donors (Lipinski definition) is 1. The van der Waals surface area contributed by atoms with Crippen LogP contribution in [0.4, 0.5) is 24.5 Å². The first-order valence-corrected chi connectivity index (χ1v) is 10.7. The van der Waals surface area contributed by atoms with Gasteiger partial charge in [0.1, 0.15) is 0 Å². The fraction of sp³-hybridized carbons (Fsp3) is 0.300. The predicted octanol–water partition coefficient (Wildman–Crippen LogP) is 3.09. The lowest BCUT2D eigenvalue weighted by atomic mass is 10.1. The molecule has 7 nitrogen and oxygen atoms in total. The molecule has 1 aliphatic rings. The summed E-state index contributed by atoms with van der Waals surface area (Å²) in [5, 5.41) is 2.71. The van der Waals surface area contributed by atoms with E-state index in [2.05, 4.69) is 5.32 Å². The van der Waals surface area contributed by atoms with Gasteiger partial charge in [-0.25, -0.2) is 8.42 Å². The number of rotatable bonds is 4. The van der Waals surface area contributed by atoms with Gasteiger partial charge in [-0.15, -0.1) is 0 Å². The fourth-order valence-corrected chi connectivity index (χ4v) is 4.44. The van der Waals surface area contributed by atoms with E-state index in [4.69, 9.17) is 0 Å². The molecule has 1 aliphatic heterocycles. The summed E-state index contributed by atoms with van der Waals surface area (Å²) in [6.45, 7) is 1.11. The molecular formula is C20H20F3N3O4S. The van der Waals surface area contributed by atoms with Gasteiger partial charge in [0.05, 0.1) is 28.4 Å². The van der Waals surface area contributed by atoms with E-state index >= 15 is 0 Å². The number of hydrogen-bond acceptors (Lipinski definition) is 4. The number of para-hydroxylation sites is 2. The Hall–Kier alpha value is -2.92. The standard InChI is InChI=1S/C20H20F3N3O4S/c1-13-11-18(27)24-16-5-3-4-6-17(16)26(13)19(28)12-25(2)31(29,30)15-9-7-14(8-10-15)20(21,22)23/h3-10,13H,11-12H2,1-2H3,(H,24,27). The van der Waals surface area contributed by atoms with Gasteiger partial charge in [0.25, 0.3) is 0 Å². The highest BCUT2D eigenvalue weighted by Gasteiger charge is 2.33. The Morgan fingerprint density at radius 2 is 1.77 bits per heavy atom. The summed E-state index contributed by atoms with van der Waals surface area (Å²) in [6, 6.07) is 9.17. The number of likely N-dealkylation sites (N-methyl/N-ethyl adjacent to an activating group) is 1. The van der Waals surface area contributed by atoms with E-state index in [1.165, 1.54) is 11.9 Å². The lowest BCUT2D eigenvalue weighted by Gasteiger charge is -2.29. The third-order valence-corrected chi connectivity index (χ3v) is 6.69. The molecule has 3 rings (SSSR count). The number of alkyl halides is 3. The van der Waals surface area contributed by atoms with Crippen LogP contribution in [0.3, 0.4) is 0 Å². The molecule has 2 aromatic rings. The number of benzene rings is 2. The van der Waals surface area contributed by atoms with E-state index in [0.29, 0.717) is 23.5 Å². The van der Waals surface area contributed by atoms with Crippen LogP contribution in [0, 0.1) is 0 Å². The highest BCUT2D eigenvalue weighted by molar-refractivity contribution is 7.89. The van der Waals surface area contributed by atoms with Crippen LogP contribution in [-0.4, -0.2) is 44.2 Å². The molecule has 0 fully saturated rings. The molecule has 2 amide bonds. The number of nitrogens with zero attached hydrogens (tertiary/aromatic N) is 2. The van der Waals surface area contributed by atoms with Crippen molar-refractivity contribution in [1.82, 2.24) is 4.31 Å². The summed E-state index contributed by atoms with van der Waals surface area (Å²) in [5.74, 6) is -0.851. The van der Waals surface area contributed by atoms with E-state index in [9.17, 15) is 31.2 Å². The minimum atomic E-state index is -4.59. The summed E-state index contributed by atoms with van der Waals surface area (Å²) >= 11 is 0. The average Bonchev–Trinajstić information content (AvgIpc) is 2.81. The molecule has 0 saturated heterocycles. The van der Waals surface area contributed by atoms with E-state index < -0.39 is 40.3 Å². The van der Waals surface area contributed by atoms with Gasteiger partial charge in [-0.3, -0.25) is 9.59 Å². The van der Waals surface area contributed by atoms with Gasteiger partial charge in [0.2, 0.25) is 21.8 Å². The Morgan fingerprint density at radius 1 is 1.16 bits per heavy atom. The van der Waals surface area contributed by atoms with E-state index in [0.717, 1.165) is 16.4 Å². The highest BCUT2D eigenvalue weighted by atomic mass is 32.2. The lowest BCUT2D eigenvalue weighted by Crippen LogP contribution is -2.45. The largest absolute Gasteiger partial charge is 0.416 e. The Morgan fingerprint density at radius 3 is 2.39 bits per heavy atom. The first-order chi connectivity index (χ1) is 14.4. The van der Waals surface area contributed by atoms with Crippen molar-refractivity contribution < 1.29 is 31.2 Å². The Bertz CT molecular complexity index is 1100. The molecule has 0 aromatic heterocycles. The lowest BCUT2D eigenvalue weighted by molar-refractivity contribution is -0.137. The molecule has 1 N–H and O–H groups in total. The minimum absolute atomic E-state index is 0.0236. The number of carbonyl (C=O) groups is 2. The molecular weight excluding hydrogens is 435 g/mol. The second kappa shape index (κ2) is 8.31. The number of halogens is 3.